The van der Waals surface area contributed by atoms with Crippen molar-refractivity contribution in [1.82, 2.24) is 20.2 Å². The summed E-state index contributed by atoms with van der Waals surface area (Å²) >= 11 is 0. The van der Waals surface area contributed by atoms with Gasteiger partial charge in [0.15, 0.2) is 5.82 Å². The predicted octanol–water partition coefficient (Wildman–Crippen LogP) is 0.393. The molecule has 0 spiro atoms. The lowest BCUT2D eigenvalue weighted by Gasteiger charge is -2.34. The summed E-state index contributed by atoms with van der Waals surface area (Å²) in [6.07, 6.45) is 3.53. The van der Waals surface area contributed by atoms with Crippen LogP contribution in [-0.4, -0.2) is 45.7 Å². The largest absolute Gasteiger partial charge is 0.368 e. The normalized spacial score (nSPS) is 17.2. The van der Waals surface area contributed by atoms with Crippen molar-refractivity contribution in [3.63, 3.8) is 0 Å². The van der Waals surface area contributed by atoms with Crippen molar-refractivity contribution in [3.8, 4) is 0 Å². The first-order valence-corrected chi connectivity index (χ1v) is 8.53. The molecule has 1 aliphatic rings. The van der Waals surface area contributed by atoms with Gasteiger partial charge >= 0.3 is 0 Å². The monoisotopic (exact) mass is 347 g/mol. The minimum absolute atomic E-state index is 0.0298. The molecule has 1 unspecified atom stereocenters. The zero-order valence-electron chi connectivity index (χ0n) is 14.7. The maximum atomic E-state index is 11.9. The van der Waals surface area contributed by atoms with Crippen LogP contribution in [0.2, 0.25) is 0 Å². The summed E-state index contributed by atoms with van der Waals surface area (Å²) in [4.78, 5) is 45.2. The van der Waals surface area contributed by atoms with Crippen LogP contribution in [0.4, 0.5) is 0 Å². The van der Waals surface area contributed by atoms with Gasteiger partial charge in [0, 0.05) is 31.3 Å². The molecule has 3 N–H and O–H groups in total. The molecule has 1 aliphatic heterocycles. The van der Waals surface area contributed by atoms with Crippen molar-refractivity contribution in [3.05, 3.63) is 23.3 Å². The van der Waals surface area contributed by atoms with Gasteiger partial charge in [-0.3, -0.25) is 14.4 Å². The molecule has 8 nitrogen and oxygen atoms in total. The molecule has 2 heterocycles. The highest BCUT2D eigenvalue weighted by atomic mass is 16.2. The van der Waals surface area contributed by atoms with Crippen molar-refractivity contribution < 1.29 is 14.4 Å². The van der Waals surface area contributed by atoms with Gasteiger partial charge in [0.2, 0.25) is 17.7 Å². The zero-order valence-corrected chi connectivity index (χ0v) is 14.7. The molecular formula is C17H25N5O3. The number of aromatic nitrogens is 2. The summed E-state index contributed by atoms with van der Waals surface area (Å²) in [6.45, 7) is 4.01. The average Bonchev–Trinajstić information content (AvgIpc) is 2.57. The smallest absolute Gasteiger partial charge is 0.236 e. The van der Waals surface area contributed by atoms with E-state index in [0.29, 0.717) is 12.2 Å². The zero-order chi connectivity index (χ0) is 18.4. The van der Waals surface area contributed by atoms with Crippen LogP contribution in [0.3, 0.4) is 0 Å². The highest BCUT2D eigenvalue weighted by Crippen LogP contribution is 2.29. The fourth-order valence-corrected chi connectivity index (χ4v) is 3.03. The second-order valence-electron chi connectivity index (χ2n) is 6.33. The molecule has 0 radical (unpaired) electrons. The van der Waals surface area contributed by atoms with Gasteiger partial charge < -0.3 is 16.0 Å². The van der Waals surface area contributed by atoms with Crippen LogP contribution in [0.15, 0.2) is 6.07 Å². The maximum Gasteiger partial charge on any atom is 0.236 e. The first kappa shape index (κ1) is 18.8. The molecule has 0 aromatic carbocycles. The third kappa shape index (κ3) is 5.51. The van der Waals surface area contributed by atoms with Crippen molar-refractivity contribution in [2.75, 3.05) is 13.1 Å². The van der Waals surface area contributed by atoms with E-state index in [9.17, 15) is 14.4 Å². The number of primary amides is 1. The van der Waals surface area contributed by atoms with Crippen LogP contribution in [0, 0.1) is 6.92 Å². The molecule has 3 amide bonds. The number of aryl methyl sites for hydroxylation is 2. The number of piperidine rings is 1. The van der Waals surface area contributed by atoms with Gasteiger partial charge in [-0.2, -0.15) is 0 Å². The Morgan fingerprint density at radius 2 is 2.08 bits per heavy atom. The minimum atomic E-state index is -0.574. The van der Waals surface area contributed by atoms with E-state index in [4.69, 9.17) is 5.73 Å². The van der Waals surface area contributed by atoms with Gasteiger partial charge in [-0.1, -0.05) is 0 Å². The Kier molecular flexibility index (Phi) is 6.44. The van der Waals surface area contributed by atoms with Crippen LogP contribution >= 0.6 is 0 Å². The van der Waals surface area contributed by atoms with Crippen molar-refractivity contribution in [1.29, 1.82) is 0 Å². The Hall–Kier alpha value is -2.51. The summed E-state index contributed by atoms with van der Waals surface area (Å²) < 4.78 is 0. The van der Waals surface area contributed by atoms with E-state index in [0.717, 1.165) is 37.2 Å². The molecule has 0 saturated carbocycles. The SMILES string of the molecule is CC(=O)N1CCCCC1c1nc(C)cc(CCC(=O)NCC(N)=O)n1. The first-order valence-electron chi connectivity index (χ1n) is 8.53. The summed E-state index contributed by atoms with van der Waals surface area (Å²) in [5, 5.41) is 2.46. The van der Waals surface area contributed by atoms with Crippen LogP contribution in [0.1, 0.15) is 55.9 Å². The number of nitrogens with one attached hydrogen (secondary N) is 1. The number of amides is 3. The van der Waals surface area contributed by atoms with Gasteiger partial charge in [0.1, 0.15) is 0 Å². The van der Waals surface area contributed by atoms with Crippen LogP contribution < -0.4 is 11.1 Å². The fraction of sp³-hybridized carbons (Fsp3) is 0.588. The molecule has 25 heavy (non-hydrogen) atoms. The second-order valence-corrected chi connectivity index (χ2v) is 6.33. The summed E-state index contributed by atoms with van der Waals surface area (Å²) in [5.41, 5.74) is 6.57. The van der Waals surface area contributed by atoms with Crippen LogP contribution in [0.5, 0.6) is 0 Å². The topological polar surface area (TPSA) is 118 Å². The van der Waals surface area contributed by atoms with E-state index >= 15 is 0 Å². The van der Waals surface area contributed by atoms with Gasteiger partial charge in [-0.05, 0) is 38.7 Å². The summed E-state index contributed by atoms with van der Waals surface area (Å²) in [6, 6.07) is 1.74. The molecule has 8 heteroatoms. The summed E-state index contributed by atoms with van der Waals surface area (Å²) in [7, 11) is 0. The minimum Gasteiger partial charge on any atom is -0.368 e. The van der Waals surface area contributed by atoms with E-state index in [1.165, 1.54) is 0 Å². The standard InChI is InChI=1S/C17H25N5O3/c1-11-9-13(6-7-16(25)19-10-15(18)24)21-17(20-11)14-5-3-4-8-22(14)12(2)23/h9,14H,3-8,10H2,1-2H3,(H2,18,24)(H,19,25). The third-order valence-corrected chi connectivity index (χ3v) is 4.20. The van der Waals surface area contributed by atoms with Crippen molar-refractivity contribution in [2.24, 2.45) is 5.73 Å². The molecule has 1 saturated heterocycles. The number of carbonyl (C=O) groups is 3. The number of nitrogens with two attached hydrogens (primary N) is 1. The number of likely N-dealkylation sites (tertiary alicyclic amines) is 1. The van der Waals surface area contributed by atoms with Crippen molar-refractivity contribution >= 4 is 17.7 Å². The molecule has 0 bridgehead atoms. The molecule has 2 rings (SSSR count). The summed E-state index contributed by atoms with van der Waals surface area (Å²) in [5.74, 6) is -0.153. The number of hydrogen-bond acceptors (Lipinski definition) is 5. The van der Waals surface area contributed by atoms with E-state index in [1.807, 2.05) is 17.9 Å². The van der Waals surface area contributed by atoms with E-state index in [2.05, 4.69) is 15.3 Å². The van der Waals surface area contributed by atoms with Gasteiger partial charge in [-0.25, -0.2) is 9.97 Å². The molecular weight excluding hydrogens is 322 g/mol. The molecule has 1 aromatic heterocycles. The molecule has 1 fully saturated rings. The lowest BCUT2D eigenvalue weighted by atomic mass is 10.0. The molecule has 0 aliphatic carbocycles. The van der Waals surface area contributed by atoms with Gasteiger partial charge in [-0.15, -0.1) is 0 Å². The Labute approximate surface area is 147 Å². The van der Waals surface area contributed by atoms with Gasteiger partial charge in [0.25, 0.3) is 0 Å². The van der Waals surface area contributed by atoms with E-state index in [-0.39, 0.29) is 30.8 Å². The second kappa shape index (κ2) is 8.55. The highest BCUT2D eigenvalue weighted by Gasteiger charge is 2.28. The van der Waals surface area contributed by atoms with E-state index < -0.39 is 5.91 Å². The quantitative estimate of drug-likeness (QED) is 0.772. The highest BCUT2D eigenvalue weighted by molar-refractivity contribution is 5.83. The van der Waals surface area contributed by atoms with Crippen LogP contribution in [0.25, 0.3) is 0 Å². The van der Waals surface area contributed by atoms with Crippen molar-refractivity contribution in [2.45, 2.75) is 52.0 Å². The maximum absolute atomic E-state index is 11.9. The lowest BCUT2D eigenvalue weighted by Crippen LogP contribution is -2.38. The first-order chi connectivity index (χ1) is 11.9. The Morgan fingerprint density at radius 3 is 2.76 bits per heavy atom. The molecule has 1 atom stereocenters. The number of rotatable bonds is 6. The molecule has 136 valence electrons. The Morgan fingerprint density at radius 1 is 1.32 bits per heavy atom. The number of hydrogen-bond donors (Lipinski definition) is 2. The lowest BCUT2D eigenvalue weighted by molar-refractivity contribution is -0.132. The Bertz CT molecular complexity index is 662. The predicted molar refractivity (Wildman–Crippen MR) is 91.3 cm³/mol. The third-order valence-electron chi connectivity index (χ3n) is 4.20. The average molecular weight is 347 g/mol. The number of nitrogens with zero attached hydrogens (tertiary/aromatic N) is 3. The van der Waals surface area contributed by atoms with Crippen LogP contribution in [-0.2, 0) is 20.8 Å². The van der Waals surface area contributed by atoms with E-state index in [1.54, 1.807) is 6.92 Å². The molecule has 1 aromatic rings. The fourth-order valence-electron chi connectivity index (χ4n) is 3.03. The Balaban J connectivity index is 2.07. The number of carbonyl (C=O) groups excluding carboxylic acids is 3. The van der Waals surface area contributed by atoms with Gasteiger partial charge in [0.05, 0.1) is 12.6 Å².